The predicted octanol–water partition coefficient (Wildman–Crippen LogP) is 6.29. The monoisotopic (exact) mass is 668 g/mol. The number of aromatic nitrogens is 5. The summed E-state index contributed by atoms with van der Waals surface area (Å²) in [4.78, 5) is 42.6. The van der Waals surface area contributed by atoms with Crippen LogP contribution in [0, 0.1) is 19.7 Å². The van der Waals surface area contributed by atoms with Gasteiger partial charge in [0.05, 0.1) is 50.7 Å². The van der Waals surface area contributed by atoms with Crippen molar-refractivity contribution in [2.75, 3.05) is 36.5 Å². The molecule has 48 heavy (non-hydrogen) atoms. The zero-order valence-electron chi connectivity index (χ0n) is 27.9. The number of benzene rings is 2. The fraction of sp³-hybridized carbons (Fsp3) is 0.361. The van der Waals surface area contributed by atoms with E-state index >= 15 is 4.39 Å². The van der Waals surface area contributed by atoms with Gasteiger partial charge >= 0.3 is 5.69 Å². The molecule has 7 rings (SSSR count). The second kappa shape index (κ2) is 11.7. The molecule has 5 heterocycles. The van der Waals surface area contributed by atoms with Gasteiger partial charge in [0.15, 0.2) is 5.82 Å². The number of halogens is 2. The van der Waals surface area contributed by atoms with Crippen molar-refractivity contribution in [1.82, 2.24) is 29.6 Å². The number of carbonyl (C=O) groups excluding carboxylic acids is 1. The van der Waals surface area contributed by atoms with Crippen molar-refractivity contribution in [2.45, 2.75) is 59.0 Å². The number of rotatable bonds is 4. The Balaban J connectivity index is 1.67. The minimum Gasteiger partial charge on any atom is -0.371 e. The highest BCUT2D eigenvalue weighted by atomic mass is 35.5. The maximum Gasteiger partial charge on any atom is 0.354 e. The second-order valence-electron chi connectivity index (χ2n) is 13.3. The molecular formula is C36H38ClFN8O2. The number of hydrogen-bond acceptors (Lipinski definition) is 7. The van der Waals surface area contributed by atoms with Crippen LogP contribution in [0.5, 0.6) is 0 Å². The molecule has 2 aliphatic rings. The van der Waals surface area contributed by atoms with Crippen LogP contribution in [-0.4, -0.2) is 74.3 Å². The molecule has 0 aliphatic carbocycles. The molecule has 0 bridgehead atoms. The quantitative estimate of drug-likeness (QED) is 0.225. The summed E-state index contributed by atoms with van der Waals surface area (Å²) in [5.41, 5.74) is 4.57. The lowest BCUT2D eigenvalue weighted by Crippen LogP contribution is -2.60. The first-order valence-electron chi connectivity index (χ1n) is 16.2. The first kappa shape index (κ1) is 31.8. The number of hydrogen-bond donors (Lipinski definition) is 1. The summed E-state index contributed by atoms with van der Waals surface area (Å²) in [5, 5.41) is 8.50. The van der Waals surface area contributed by atoms with Gasteiger partial charge in [0, 0.05) is 55.4 Å². The fourth-order valence-electron chi connectivity index (χ4n) is 7.65. The number of anilines is 2. The van der Waals surface area contributed by atoms with Crippen LogP contribution in [0.2, 0.25) is 5.02 Å². The number of amides is 1. The number of carbonyl (C=O) groups is 1. The van der Waals surface area contributed by atoms with E-state index in [1.165, 1.54) is 10.6 Å². The molecule has 2 unspecified atom stereocenters. The predicted molar refractivity (Wildman–Crippen MR) is 189 cm³/mol. The minimum atomic E-state index is -0.544. The van der Waals surface area contributed by atoms with E-state index in [9.17, 15) is 9.59 Å². The summed E-state index contributed by atoms with van der Waals surface area (Å²) in [6.45, 7) is 14.8. The van der Waals surface area contributed by atoms with Crippen molar-refractivity contribution < 1.29 is 9.18 Å². The van der Waals surface area contributed by atoms with Gasteiger partial charge in [0.1, 0.15) is 5.82 Å². The zero-order valence-corrected chi connectivity index (χ0v) is 28.7. The Bertz CT molecular complexity index is 2210. The van der Waals surface area contributed by atoms with Crippen LogP contribution in [0.1, 0.15) is 49.9 Å². The number of nitrogens with one attached hydrogen (secondary N) is 1. The van der Waals surface area contributed by atoms with E-state index in [1.807, 2.05) is 64.8 Å². The Kier molecular flexibility index (Phi) is 7.77. The van der Waals surface area contributed by atoms with E-state index in [2.05, 4.69) is 21.7 Å². The molecule has 12 heteroatoms. The topological polar surface area (TPSA) is 103 Å². The van der Waals surface area contributed by atoms with Crippen LogP contribution in [0.3, 0.4) is 0 Å². The van der Waals surface area contributed by atoms with Crippen molar-refractivity contribution in [2.24, 2.45) is 0 Å². The Morgan fingerprint density at radius 2 is 1.92 bits per heavy atom. The molecule has 0 spiro atoms. The van der Waals surface area contributed by atoms with E-state index in [1.54, 1.807) is 17.3 Å². The summed E-state index contributed by atoms with van der Waals surface area (Å²) in [6.07, 6.45) is 5.33. The zero-order chi connectivity index (χ0) is 34.2. The summed E-state index contributed by atoms with van der Waals surface area (Å²) < 4.78 is 19.2. The van der Waals surface area contributed by atoms with E-state index in [-0.39, 0.29) is 34.5 Å². The lowest BCUT2D eigenvalue weighted by atomic mass is 9.92. The van der Waals surface area contributed by atoms with Gasteiger partial charge in [-0.1, -0.05) is 38.1 Å². The summed E-state index contributed by atoms with van der Waals surface area (Å²) in [5.74, 6) is -0.336. The lowest BCUT2D eigenvalue weighted by Gasteiger charge is -2.48. The van der Waals surface area contributed by atoms with Gasteiger partial charge < -0.3 is 14.7 Å². The molecule has 5 aromatic rings. The Morgan fingerprint density at radius 3 is 2.65 bits per heavy atom. The van der Waals surface area contributed by atoms with Crippen LogP contribution in [0.25, 0.3) is 38.6 Å². The Morgan fingerprint density at radius 1 is 1.15 bits per heavy atom. The molecule has 1 N–H and O–H groups in total. The third kappa shape index (κ3) is 4.69. The Labute approximate surface area is 282 Å². The number of H-pyrrole nitrogens is 1. The molecule has 0 saturated carbocycles. The van der Waals surface area contributed by atoms with E-state index in [4.69, 9.17) is 21.6 Å². The van der Waals surface area contributed by atoms with Gasteiger partial charge in [-0.25, -0.2) is 9.18 Å². The van der Waals surface area contributed by atoms with Crippen molar-refractivity contribution >= 4 is 50.8 Å². The van der Waals surface area contributed by atoms with E-state index < -0.39 is 11.5 Å². The van der Waals surface area contributed by atoms with E-state index in [0.29, 0.717) is 65.4 Å². The average Bonchev–Trinajstić information content (AvgIpc) is 3.52. The van der Waals surface area contributed by atoms with Crippen molar-refractivity contribution in [3.05, 3.63) is 81.4 Å². The highest BCUT2D eigenvalue weighted by Gasteiger charge is 2.40. The molecule has 1 saturated heterocycles. The third-order valence-corrected chi connectivity index (χ3v) is 10.2. The molecule has 0 radical (unpaired) electrons. The molecule has 2 aliphatic heterocycles. The number of piperazine rings is 1. The SMILES string of the molecule is C=CC(=O)N1CC(C)N2c3nc(=O)n(-c4c(C)ccnc4C(C)C)c4c(Cl)c(-c5c(C)ccc6[nH]ncc56)c(F)c(c34)N(C)CCC2C1. The first-order chi connectivity index (χ1) is 22.9. The molecule has 10 nitrogen and oxygen atoms in total. The van der Waals surface area contributed by atoms with Gasteiger partial charge in [-0.2, -0.15) is 10.1 Å². The number of nitrogens with zero attached hydrogens (tertiary/aromatic N) is 7. The van der Waals surface area contributed by atoms with Crippen LogP contribution >= 0.6 is 11.6 Å². The first-order valence-corrected chi connectivity index (χ1v) is 16.6. The van der Waals surface area contributed by atoms with E-state index in [0.717, 1.165) is 22.0 Å². The second-order valence-corrected chi connectivity index (χ2v) is 13.7. The molecule has 1 amide bonds. The fourth-order valence-corrected chi connectivity index (χ4v) is 8.01. The normalized spacial score (nSPS) is 18.0. The molecule has 1 fully saturated rings. The molecular weight excluding hydrogens is 631 g/mol. The molecule has 2 aromatic carbocycles. The molecule has 248 valence electrons. The molecule has 2 atom stereocenters. The van der Waals surface area contributed by atoms with Crippen LogP contribution in [-0.2, 0) is 4.79 Å². The lowest BCUT2D eigenvalue weighted by molar-refractivity contribution is -0.127. The van der Waals surface area contributed by atoms with Crippen LogP contribution < -0.4 is 15.5 Å². The van der Waals surface area contributed by atoms with Crippen molar-refractivity contribution in [1.29, 1.82) is 0 Å². The number of pyridine rings is 1. The smallest absolute Gasteiger partial charge is 0.354 e. The van der Waals surface area contributed by atoms with Gasteiger partial charge in [0.25, 0.3) is 0 Å². The third-order valence-electron chi connectivity index (χ3n) is 9.87. The number of fused-ring (bicyclic) bond motifs is 3. The standard InChI is InChI=1S/C36H38ClFN8O2/c1-8-25(47)44-16-21(6)45-22(17-44)12-14-43(7)34-28-33(29(37)27(30(34)38)26-19(4)9-10-24-23(26)15-40-42-24)46(36(48)41-35(28)45)32-20(5)11-13-39-31(32)18(2)3/h8-11,13,15,18,21-22H,1,12,14,16-17H2,2-7H3,(H,40,42). The van der Waals surface area contributed by atoms with Crippen molar-refractivity contribution in [3.8, 4) is 16.8 Å². The largest absolute Gasteiger partial charge is 0.371 e. The van der Waals surface area contributed by atoms with Gasteiger partial charge in [-0.05, 0) is 62.4 Å². The highest BCUT2D eigenvalue weighted by molar-refractivity contribution is 6.39. The summed E-state index contributed by atoms with van der Waals surface area (Å²) in [6, 6.07) is 5.25. The minimum absolute atomic E-state index is 0.0388. The number of aryl methyl sites for hydroxylation is 2. The number of aromatic amines is 1. The Hall–Kier alpha value is -4.77. The van der Waals surface area contributed by atoms with Gasteiger partial charge in [-0.15, -0.1) is 0 Å². The highest BCUT2D eigenvalue weighted by Crippen LogP contribution is 2.49. The maximum absolute atomic E-state index is 17.6. The van der Waals surface area contributed by atoms with Crippen LogP contribution in [0.4, 0.5) is 15.9 Å². The van der Waals surface area contributed by atoms with Gasteiger partial charge in [0.2, 0.25) is 5.91 Å². The van der Waals surface area contributed by atoms with Crippen LogP contribution in [0.15, 0.2) is 48.0 Å². The van der Waals surface area contributed by atoms with Crippen molar-refractivity contribution in [3.63, 3.8) is 0 Å². The maximum atomic E-state index is 17.6. The average molecular weight is 669 g/mol. The van der Waals surface area contributed by atoms with Gasteiger partial charge in [-0.3, -0.25) is 19.4 Å². The summed E-state index contributed by atoms with van der Waals surface area (Å²) >= 11 is 7.51. The molecule has 3 aromatic heterocycles. The summed E-state index contributed by atoms with van der Waals surface area (Å²) in [7, 11) is 1.85.